The predicted octanol–water partition coefficient (Wildman–Crippen LogP) is 7.57. The zero-order chi connectivity index (χ0) is 18.9. The summed E-state index contributed by atoms with van der Waals surface area (Å²) in [6, 6.07) is 29.3. The molecule has 28 heavy (non-hydrogen) atoms. The van der Waals surface area contributed by atoms with Crippen LogP contribution in [0.3, 0.4) is 0 Å². The van der Waals surface area contributed by atoms with Crippen LogP contribution >= 0.6 is 27.5 Å². The number of para-hydroxylation sites is 2. The van der Waals surface area contributed by atoms with E-state index in [4.69, 9.17) is 16.3 Å². The molecule has 4 aromatic carbocycles. The highest BCUT2D eigenvalue weighted by Crippen LogP contribution is 2.63. The maximum absolute atomic E-state index is 6.52. The maximum atomic E-state index is 6.52. The molecule has 0 saturated heterocycles. The van der Waals surface area contributed by atoms with Gasteiger partial charge in [0.05, 0.1) is 5.41 Å². The van der Waals surface area contributed by atoms with E-state index in [9.17, 15) is 0 Å². The van der Waals surface area contributed by atoms with Crippen molar-refractivity contribution in [2.45, 2.75) is 5.41 Å². The molecule has 1 spiro atoms. The highest BCUT2D eigenvalue weighted by Gasteiger charge is 2.51. The van der Waals surface area contributed by atoms with Crippen molar-refractivity contribution in [1.29, 1.82) is 0 Å². The van der Waals surface area contributed by atoms with E-state index in [0.717, 1.165) is 32.1 Å². The van der Waals surface area contributed by atoms with Crippen LogP contribution in [0.4, 0.5) is 0 Å². The van der Waals surface area contributed by atoms with Gasteiger partial charge in [-0.25, -0.2) is 0 Å². The molecule has 6 rings (SSSR count). The van der Waals surface area contributed by atoms with Crippen molar-refractivity contribution in [3.63, 3.8) is 0 Å². The molecule has 0 bridgehead atoms. The van der Waals surface area contributed by atoms with E-state index in [1.807, 2.05) is 30.3 Å². The summed E-state index contributed by atoms with van der Waals surface area (Å²) in [6.07, 6.45) is 0. The van der Waals surface area contributed by atoms with Crippen LogP contribution < -0.4 is 4.74 Å². The van der Waals surface area contributed by atoms with E-state index >= 15 is 0 Å². The fourth-order valence-electron chi connectivity index (χ4n) is 4.87. The van der Waals surface area contributed by atoms with Gasteiger partial charge in [-0.3, -0.25) is 0 Å². The second-order valence-electron chi connectivity index (χ2n) is 7.20. The number of hydrogen-bond donors (Lipinski definition) is 0. The summed E-state index contributed by atoms with van der Waals surface area (Å²) in [6.45, 7) is 0. The van der Waals surface area contributed by atoms with Gasteiger partial charge in [-0.2, -0.15) is 0 Å². The Morgan fingerprint density at radius 1 is 0.679 bits per heavy atom. The number of ether oxygens (including phenoxy) is 1. The highest BCUT2D eigenvalue weighted by atomic mass is 79.9. The minimum Gasteiger partial charge on any atom is -0.457 e. The molecule has 1 aliphatic carbocycles. The van der Waals surface area contributed by atoms with Crippen LogP contribution in [0.25, 0.3) is 11.1 Å². The third kappa shape index (κ3) is 1.92. The molecule has 0 aromatic heterocycles. The standard InChI is InChI=1S/C25H14BrClO/c26-21-9-5-8-19-24(21)16-13-12-15(27)14-20(16)25(19)17-6-1-3-10-22(17)28-23-11-4-2-7-18(23)25/h1-14H. The van der Waals surface area contributed by atoms with Crippen molar-refractivity contribution >= 4 is 27.5 Å². The maximum Gasteiger partial charge on any atom is 0.132 e. The summed E-state index contributed by atoms with van der Waals surface area (Å²) in [5.41, 5.74) is 6.72. The highest BCUT2D eigenvalue weighted by molar-refractivity contribution is 9.10. The molecule has 1 heterocycles. The van der Waals surface area contributed by atoms with Gasteiger partial charge in [-0.15, -0.1) is 0 Å². The summed E-state index contributed by atoms with van der Waals surface area (Å²) in [4.78, 5) is 0. The molecular formula is C25H14BrClO. The fourth-order valence-corrected chi connectivity index (χ4v) is 5.63. The normalized spacial score (nSPS) is 14.6. The fraction of sp³-hybridized carbons (Fsp3) is 0.0400. The molecule has 3 heteroatoms. The van der Waals surface area contributed by atoms with Gasteiger partial charge in [0, 0.05) is 26.2 Å². The average Bonchev–Trinajstić information content (AvgIpc) is 3.00. The van der Waals surface area contributed by atoms with Crippen molar-refractivity contribution in [3.8, 4) is 22.6 Å². The molecule has 0 N–H and O–H groups in total. The Morgan fingerprint density at radius 2 is 1.32 bits per heavy atom. The molecule has 0 amide bonds. The molecule has 134 valence electrons. The van der Waals surface area contributed by atoms with Gasteiger partial charge in [0.1, 0.15) is 11.5 Å². The second-order valence-corrected chi connectivity index (χ2v) is 8.49. The first-order chi connectivity index (χ1) is 13.7. The lowest BCUT2D eigenvalue weighted by Crippen LogP contribution is -2.32. The summed E-state index contributed by atoms with van der Waals surface area (Å²) < 4.78 is 7.40. The predicted molar refractivity (Wildman–Crippen MR) is 117 cm³/mol. The number of fused-ring (bicyclic) bond motifs is 9. The molecule has 1 aliphatic heterocycles. The van der Waals surface area contributed by atoms with Gasteiger partial charge in [-0.1, -0.05) is 82.1 Å². The third-order valence-corrected chi connectivity index (χ3v) is 6.77. The number of rotatable bonds is 0. The summed E-state index contributed by atoms with van der Waals surface area (Å²) in [5.74, 6) is 1.78. The van der Waals surface area contributed by atoms with Crippen molar-refractivity contribution in [2.75, 3.05) is 0 Å². The molecule has 0 radical (unpaired) electrons. The Bertz CT molecular complexity index is 1230. The van der Waals surface area contributed by atoms with Gasteiger partial charge in [0.25, 0.3) is 0 Å². The Morgan fingerprint density at radius 3 is 2.04 bits per heavy atom. The lowest BCUT2D eigenvalue weighted by molar-refractivity contribution is 0.436. The minimum atomic E-state index is -0.454. The van der Waals surface area contributed by atoms with Gasteiger partial charge in [-0.05, 0) is 47.0 Å². The molecule has 0 saturated carbocycles. The summed E-state index contributed by atoms with van der Waals surface area (Å²) >= 11 is 10.3. The topological polar surface area (TPSA) is 9.23 Å². The minimum absolute atomic E-state index is 0.454. The first kappa shape index (κ1) is 16.4. The summed E-state index contributed by atoms with van der Waals surface area (Å²) in [7, 11) is 0. The first-order valence-corrected chi connectivity index (χ1v) is 10.3. The van der Waals surface area contributed by atoms with E-state index in [2.05, 4.69) is 70.5 Å². The largest absolute Gasteiger partial charge is 0.457 e. The van der Waals surface area contributed by atoms with Crippen LogP contribution in [-0.4, -0.2) is 0 Å². The Hall–Kier alpha value is -2.55. The second kappa shape index (κ2) is 5.73. The monoisotopic (exact) mass is 444 g/mol. The van der Waals surface area contributed by atoms with Crippen LogP contribution in [0.15, 0.2) is 89.4 Å². The molecule has 0 unspecified atom stereocenters. The van der Waals surface area contributed by atoms with E-state index in [-0.39, 0.29) is 0 Å². The third-order valence-electron chi connectivity index (χ3n) is 5.87. The van der Waals surface area contributed by atoms with E-state index in [0.29, 0.717) is 0 Å². The lowest BCUT2D eigenvalue weighted by atomic mass is 9.66. The molecule has 0 atom stereocenters. The van der Waals surface area contributed by atoms with Crippen LogP contribution in [-0.2, 0) is 5.41 Å². The van der Waals surface area contributed by atoms with Gasteiger partial charge >= 0.3 is 0 Å². The Kier molecular flexibility index (Phi) is 3.36. The number of hydrogen-bond acceptors (Lipinski definition) is 1. The van der Waals surface area contributed by atoms with Crippen molar-refractivity contribution in [1.82, 2.24) is 0 Å². The van der Waals surface area contributed by atoms with Gasteiger partial charge < -0.3 is 4.74 Å². The lowest BCUT2D eigenvalue weighted by Gasteiger charge is -2.39. The number of benzene rings is 4. The zero-order valence-corrected chi connectivity index (χ0v) is 17.1. The zero-order valence-electron chi connectivity index (χ0n) is 14.7. The molecule has 0 fully saturated rings. The van der Waals surface area contributed by atoms with E-state index in [1.165, 1.54) is 22.3 Å². The van der Waals surface area contributed by atoms with Gasteiger partial charge in [0.15, 0.2) is 0 Å². The average molecular weight is 446 g/mol. The molecule has 2 aliphatic rings. The first-order valence-electron chi connectivity index (χ1n) is 9.17. The molecular weight excluding hydrogens is 432 g/mol. The summed E-state index contributed by atoms with van der Waals surface area (Å²) in [5, 5.41) is 0.739. The Balaban J connectivity index is 1.88. The SMILES string of the molecule is Clc1ccc2c(c1)C1(c3ccccc3Oc3ccccc31)c1cccc(Br)c1-2. The van der Waals surface area contributed by atoms with Crippen LogP contribution in [0, 0.1) is 0 Å². The van der Waals surface area contributed by atoms with Crippen molar-refractivity contribution in [3.05, 3.63) is 117 Å². The van der Waals surface area contributed by atoms with E-state index in [1.54, 1.807) is 0 Å². The number of halogens is 2. The Labute approximate surface area is 176 Å². The molecule has 1 nitrogen and oxygen atoms in total. The van der Waals surface area contributed by atoms with Crippen LogP contribution in [0.2, 0.25) is 5.02 Å². The van der Waals surface area contributed by atoms with Crippen molar-refractivity contribution in [2.24, 2.45) is 0 Å². The quantitative estimate of drug-likeness (QED) is 0.234. The smallest absolute Gasteiger partial charge is 0.132 e. The van der Waals surface area contributed by atoms with Crippen LogP contribution in [0.5, 0.6) is 11.5 Å². The molecule has 4 aromatic rings. The van der Waals surface area contributed by atoms with Crippen LogP contribution in [0.1, 0.15) is 22.3 Å². The van der Waals surface area contributed by atoms with E-state index < -0.39 is 5.41 Å². The van der Waals surface area contributed by atoms with Crippen molar-refractivity contribution < 1.29 is 4.74 Å². The van der Waals surface area contributed by atoms with Gasteiger partial charge in [0.2, 0.25) is 0 Å².